The van der Waals surface area contributed by atoms with Crippen molar-refractivity contribution in [1.29, 1.82) is 0 Å². The predicted octanol–water partition coefficient (Wildman–Crippen LogP) is 5.83. The van der Waals surface area contributed by atoms with Gasteiger partial charge in [0.1, 0.15) is 10.3 Å². The summed E-state index contributed by atoms with van der Waals surface area (Å²) in [6.45, 7) is 9.29. The van der Waals surface area contributed by atoms with Crippen molar-refractivity contribution in [2.45, 2.75) is 71.4 Å². The summed E-state index contributed by atoms with van der Waals surface area (Å²) in [7, 11) is 0. The van der Waals surface area contributed by atoms with Gasteiger partial charge in [-0.25, -0.2) is 9.97 Å². The highest BCUT2D eigenvalue weighted by molar-refractivity contribution is 7.19. The number of H-pyrrole nitrogens is 1. The molecule has 3 N–H and O–H groups in total. The van der Waals surface area contributed by atoms with Crippen LogP contribution in [0, 0.1) is 11.3 Å². The molecule has 0 unspecified atom stereocenters. The zero-order chi connectivity index (χ0) is 30.0. The molecule has 6 rings (SSSR count). The van der Waals surface area contributed by atoms with Gasteiger partial charge in [-0.3, -0.25) is 9.59 Å². The maximum absolute atomic E-state index is 13.6. The van der Waals surface area contributed by atoms with Gasteiger partial charge in [0.05, 0.1) is 6.04 Å². The minimum absolute atomic E-state index is 0.125. The van der Waals surface area contributed by atoms with E-state index in [0.29, 0.717) is 17.0 Å². The van der Waals surface area contributed by atoms with Gasteiger partial charge in [-0.1, -0.05) is 56.4 Å². The molecule has 1 fully saturated rings. The van der Waals surface area contributed by atoms with Crippen LogP contribution in [0.3, 0.4) is 0 Å². The molecule has 43 heavy (non-hydrogen) atoms. The summed E-state index contributed by atoms with van der Waals surface area (Å²) >= 11 is 1.38. The molecule has 1 amide bonds. The van der Waals surface area contributed by atoms with Crippen LogP contribution in [0.15, 0.2) is 53.5 Å². The second-order valence-corrected chi connectivity index (χ2v) is 13.9. The highest BCUT2D eigenvalue weighted by Crippen LogP contribution is 2.38. The largest absolute Gasteiger partial charge is 0.381 e. The zero-order valence-corrected chi connectivity index (χ0v) is 26.1. The van der Waals surface area contributed by atoms with Crippen molar-refractivity contribution in [3.05, 3.63) is 80.8 Å². The Morgan fingerprint density at radius 3 is 2.56 bits per heavy atom. The van der Waals surface area contributed by atoms with E-state index in [1.165, 1.54) is 23.0 Å². The van der Waals surface area contributed by atoms with Crippen LogP contribution in [0.25, 0.3) is 21.5 Å². The molecule has 0 spiro atoms. The monoisotopic (exact) mass is 599 g/mol. The summed E-state index contributed by atoms with van der Waals surface area (Å²) in [4.78, 5) is 38.4. The van der Waals surface area contributed by atoms with Gasteiger partial charge in [-0.05, 0) is 90.8 Å². The number of aromatic nitrogens is 3. The Morgan fingerprint density at radius 1 is 1.07 bits per heavy atom. The molecule has 1 aliphatic heterocycles. The Balaban J connectivity index is 1.20. The Hall–Kier alpha value is -3.40. The van der Waals surface area contributed by atoms with E-state index in [2.05, 4.69) is 54.6 Å². The highest BCUT2D eigenvalue weighted by Gasteiger charge is 2.30. The highest BCUT2D eigenvalue weighted by atomic mass is 32.1. The molecule has 226 valence electrons. The molecule has 4 heterocycles. The van der Waals surface area contributed by atoms with Crippen LogP contribution < -0.4 is 16.2 Å². The van der Waals surface area contributed by atoms with Gasteiger partial charge < -0.3 is 20.4 Å². The lowest BCUT2D eigenvalue weighted by Crippen LogP contribution is -2.37. The Bertz CT molecular complexity index is 1610. The number of thiazole rings is 1. The van der Waals surface area contributed by atoms with E-state index in [0.717, 1.165) is 91.0 Å². The van der Waals surface area contributed by atoms with Crippen LogP contribution in [0.2, 0.25) is 0 Å². The quantitative estimate of drug-likeness (QED) is 0.235. The number of amides is 1. The van der Waals surface area contributed by atoms with Crippen molar-refractivity contribution in [3.8, 4) is 11.1 Å². The van der Waals surface area contributed by atoms with Crippen molar-refractivity contribution in [2.75, 3.05) is 19.8 Å². The molecule has 0 bridgehead atoms. The number of carbonyl (C=O) groups excluding carboxylic acids is 1. The number of hydrogen-bond acceptors (Lipinski definition) is 7. The number of hydrogen-bond donors (Lipinski definition) is 3. The molecule has 1 saturated heterocycles. The number of aromatic amines is 1. The average Bonchev–Trinajstić information content (AvgIpc) is 3.43. The Labute approximate surface area is 256 Å². The van der Waals surface area contributed by atoms with Gasteiger partial charge in [-0.15, -0.1) is 0 Å². The topological polar surface area (TPSA) is 109 Å². The summed E-state index contributed by atoms with van der Waals surface area (Å²) in [5, 5.41) is 7.39. The molecule has 8 nitrogen and oxygen atoms in total. The minimum atomic E-state index is -0.190. The number of nitrogens with one attached hydrogen (secondary N) is 3. The molecule has 0 radical (unpaired) electrons. The van der Waals surface area contributed by atoms with E-state index >= 15 is 0 Å². The molecule has 2 atom stereocenters. The van der Waals surface area contributed by atoms with E-state index in [1.807, 2.05) is 18.2 Å². The van der Waals surface area contributed by atoms with Crippen LogP contribution in [0.4, 0.5) is 0 Å². The molecular weight excluding hydrogens is 558 g/mol. The molecule has 1 aromatic carbocycles. The summed E-state index contributed by atoms with van der Waals surface area (Å²) in [6, 6.07) is 13.9. The van der Waals surface area contributed by atoms with Gasteiger partial charge in [-0.2, -0.15) is 0 Å². The van der Waals surface area contributed by atoms with E-state index in [4.69, 9.17) is 14.7 Å². The first-order chi connectivity index (χ1) is 20.7. The lowest BCUT2D eigenvalue weighted by molar-refractivity contribution is 0.0777. The zero-order valence-electron chi connectivity index (χ0n) is 25.2. The van der Waals surface area contributed by atoms with Gasteiger partial charge in [0.25, 0.3) is 5.91 Å². The summed E-state index contributed by atoms with van der Waals surface area (Å²) in [5.74, 6) is 0.445. The average molecular weight is 600 g/mol. The summed E-state index contributed by atoms with van der Waals surface area (Å²) in [5.41, 5.74) is 6.33. The number of benzene rings is 1. The number of carbonyl (C=O) groups is 1. The van der Waals surface area contributed by atoms with Gasteiger partial charge in [0, 0.05) is 37.2 Å². The van der Waals surface area contributed by atoms with E-state index in [-0.39, 0.29) is 22.9 Å². The third-order valence-corrected chi connectivity index (χ3v) is 9.95. The fourth-order valence-electron chi connectivity index (χ4n) is 6.22. The van der Waals surface area contributed by atoms with E-state index in [1.54, 1.807) is 6.20 Å². The van der Waals surface area contributed by atoms with Crippen molar-refractivity contribution in [1.82, 2.24) is 25.6 Å². The standard InChI is InChI=1S/C34H41N5O3S/c1-34(2,3)25-9-10-27-24(18-25)19-29-32(38-27)43-33(39-29)31(41)37-28(12-15-35-26-13-16-42-17-14-26)22-6-4-21(5-7-22)23-8-11-30(40)36-20-23/h4-8,11,19-20,25-26,28,35H,9-10,12-18H2,1-3H3,(H,36,40)(H,37,41)/t25-,28+/m0/s1. The van der Waals surface area contributed by atoms with Crippen LogP contribution in [-0.2, 0) is 17.6 Å². The number of pyridine rings is 2. The molecule has 0 saturated carbocycles. The van der Waals surface area contributed by atoms with Crippen molar-refractivity contribution in [2.24, 2.45) is 11.3 Å². The molecule has 9 heteroatoms. The third kappa shape index (κ3) is 7.06. The summed E-state index contributed by atoms with van der Waals surface area (Å²) in [6.07, 6.45) is 7.60. The molecule has 3 aromatic heterocycles. The van der Waals surface area contributed by atoms with E-state index < -0.39 is 0 Å². The second kappa shape index (κ2) is 12.7. The number of rotatable bonds is 8. The van der Waals surface area contributed by atoms with Crippen LogP contribution in [-0.4, -0.2) is 46.7 Å². The van der Waals surface area contributed by atoms with Crippen molar-refractivity contribution in [3.63, 3.8) is 0 Å². The lowest BCUT2D eigenvalue weighted by atomic mass is 9.71. The first kappa shape index (κ1) is 29.7. The number of ether oxygens (including phenoxy) is 1. The fraction of sp³-hybridized carbons (Fsp3) is 0.471. The number of nitrogens with zero attached hydrogens (tertiary/aromatic N) is 2. The SMILES string of the molecule is CC(C)(C)[C@H]1CCc2nc3sc(C(=O)N[C@H](CCNC4CCOCC4)c4ccc(-c5ccc(=O)[nH]c5)cc4)nc3cc2C1. The predicted molar refractivity (Wildman–Crippen MR) is 172 cm³/mol. The molecule has 1 aliphatic carbocycles. The van der Waals surface area contributed by atoms with Crippen LogP contribution >= 0.6 is 11.3 Å². The normalized spacial score (nSPS) is 18.3. The molecular formula is C34H41N5O3S. The molecule has 2 aliphatic rings. The number of fused-ring (bicyclic) bond motifs is 2. The summed E-state index contributed by atoms with van der Waals surface area (Å²) < 4.78 is 5.50. The Kier molecular flexibility index (Phi) is 8.75. The molecule has 4 aromatic rings. The van der Waals surface area contributed by atoms with Gasteiger partial charge in [0.15, 0.2) is 5.01 Å². The fourth-order valence-corrected chi connectivity index (χ4v) is 7.07. The first-order valence-electron chi connectivity index (χ1n) is 15.4. The van der Waals surface area contributed by atoms with E-state index in [9.17, 15) is 9.59 Å². The Morgan fingerprint density at radius 2 is 1.84 bits per heavy atom. The lowest BCUT2D eigenvalue weighted by Gasteiger charge is -2.34. The first-order valence-corrected chi connectivity index (χ1v) is 16.2. The van der Waals surface area contributed by atoms with Crippen molar-refractivity contribution < 1.29 is 9.53 Å². The minimum Gasteiger partial charge on any atom is -0.381 e. The number of aryl methyl sites for hydroxylation is 1. The van der Waals surface area contributed by atoms with Gasteiger partial charge in [0.2, 0.25) is 5.56 Å². The third-order valence-electron chi connectivity index (χ3n) is 8.99. The smallest absolute Gasteiger partial charge is 0.280 e. The second-order valence-electron chi connectivity index (χ2n) is 13.0. The van der Waals surface area contributed by atoms with Crippen LogP contribution in [0.1, 0.15) is 79.1 Å². The van der Waals surface area contributed by atoms with Crippen LogP contribution in [0.5, 0.6) is 0 Å². The van der Waals surface area contributed by atoms with Gasteiger partial charge >= 0.3 is 0 Å². The maximum Gasteiger partial charge on any atom is 0.280 e. The maximum atomic E-state index is 13.6. The van der Waals surface area contributed by atoms with Crippen molar-refractivity contribution >= 4 is 27.6 Å².